The lowest BCUT2D eigenvalue weighted by atomic mass is 10.0. The van der Waals surface area contributed by atoms with E-state index in [2.05, 4.69) is 0 Å². The monoisotopic (exact) mass is 512 g/mol. The molecule has 0 aromatic heterocycles. The SMILES string of the molecule is CCOC(=O)[C@@H]1OC(c2ccc(-c3ccc(OCCCCCCC4CO4)cc3)cc2)O[C@H]1C(=O)OCC. The Bertz CT molecular complexity index is 974. The van der Waals surface area contributed by atoms with Crippen molar-refractivity contribution >= 4 is 11.9 Å². The third kappa shape index (κ3) is 7.77. The normalized spacial score (nSPS) is 21.0. The van der Waals surface area contributed by atoms with Gasteiger partial charge in [0, 0.05) is 5.56 Å². The fourth-order valence-electron chi connectivity index (χ4n) is 4.23. The Morgan fingerprint density at radius 2 is 1.32 bits per heavy atom. The highest BCUT2D eigenvalue weighted by Crippen LogP contribution is 2.34. The van der Waals surface area contributed by atoms with Crippen molar-refractivity contribution in [3.8, 4) is 16.9 Å². The first kappa shape index (κ1) is 27.1. The van der Waals surface area contributed by atoms with Crippen LogP contribution in [0.15, 0.2) is 48.5 Å². The largest absolute Gasteiger partial charge is 0.494 e. The first-order chi connectivity index (χ1) is 18.1. The van der Waals surface area contributed by atoms with E-state index in [0.717, 1.165) is 36.5 Å². The molecule has 2 aliphatic heterocycles. The summed E-state index contributed by atoms with van der Waals surface area (Å²) < 4.78 is 32.7. The summed E-state index contributed by atoms with van der Waals surface area (Å²) in [7, 11) is 0. The predicted molar refractivity (Wildman–Crippen MR) is 136 cm³/mol. The third-order valence-corrected chi connectivity index (χ3v) is 6.32. The van der Waals surface area contributed by atoms with Gasteiger partial charge in [-0.1, -0.05) is 55.7 Å². The van der Waals surface area contributed by atoms with Crippen molar-refractivity contribution in [1.29, 1.82) is 0 Å². The lowest BCUT2D eigenvalue weighted by Gasteiger charge is -2.13. The molecule has 2 heterocycles. The Balaban J connectivity index is 1.28. The fourth-order valence-corrected chi connectivity index (χ4v) is 4.23. The average Bonchev–Trinajstić information content (AvgIpc) is 3.63. The van der Waals surface area contributed by atoms with Gasteiger partial charge in [-0.25, -0.2) is 9.59 Å². The van der Waals surface area contributed by atoms with Crippen LogP contribution in [-0.2, 0) is 33.3 Å². The molecule has 0 amide bonds. The number of ether oxygens (including phenoxy) is 6. The number of epoxide rings is 1. The van der Waals surface area contributed by atoms with E-state index < -0.39 is 30.4 Å². The Morgan fingerprint density at radius 3 is 1.86 bits per heavy atom. The van der Waals surface area contributed by atoms with Gasteiger partial charge in [0.15, 0.2) is 18.5 Å². The van der Waals surface area contributed by atoms with Gasteiger partial charge in [0.25, 0.3) is 0 Å². The summed E-state index contributed by atoms with van der Waals surface area (Å²) in [5.74, 6) is -0.439. The molecule has 0 radical (unpaired) electrons. The van der Waals surface area contributed by atoms with Crippen LogP contribution >= 0.6 is 0 Å². The zero-order valence-electron chi connectivity index (χ0n) is 21.6. The number of benzene rings is 2. The molecule has 1 unspecified atom stereocenters. The van der Waals surface area contributed by atoms with Gasteiger partial charge in [0.2, 0.25) is 0 Å². The number of esters is 2. The van der Waals surface area contributed by atoms with E-state index in [1.165, 1.54) is 25.7 Å². The van der Waals surface area contributed by atoms with Crippen molar-refractivity contribution in [3.05, 3.63) is 54.1 Å². The predicted octanol–water partition coefficient (Wildman–Crippen LogP) is 4.99. The summed E-state index contributed by atoms with van der Waals surface area (Å²) in [6, 6.07) is 15.6. The lowest BCUT2D eigenvalue weighted by molar-refractivity contribution is -0.163. The number of unbranched alkanes of at least 4 members (excludes halogenated alkanes) is 3. The molecular weight excluding hydrogens is 476 g/mol. The Labute approximate surface area is 218 Å². The van der Waals surface area contributed by atoms with E-state index in [4.69, 9.17) is 28.4 Å². The second kappa shape index (κ2) is 13.6. The van der Waals surface area contributed by atoms with Crippen LogP contribution in [0.3, 0.4) is 0 Å². The molecule has 8 nitrogen and oxygen atoms in total. The molecule has 4 rings (SSSR count). The standard InChI is InChI=1S/C29H36O8/c1-3-32-27(30)25-26(28(31)33-4-2)37-29(36-25)22-12-10-20(11-13-22)21-14-16-23(17-15-21)34-18-8-6-5-7-9-24-19-35-24/h10-17,24-26,29H,3-9,18-19H2,1-2H3/t24?,25-,26-/m1/s1. The van der Waals surface area contributed by atoms with Crippen LogP contribution in [0.1, 0.15) is 57.8 Å². The summed E-state index contributed by atoms with van der Waals surface area (Å²) in [6.07, 6.45) is 3.17. The number of carbonyl (C=O) groups is 2. The van der Waals surface area contributed by atoms with Crippen molar-refractivity contribution < 1.29 is 38.0 Å². The van der Waals surface area contributed by atoms with Crippen LogP contribution in [0.25, 0.3) is 11.1 Å². The first-order valence-corrected chi connectivity index (χ1v) is 13.2. The third-order valence-electron chi connectivity index (χ3n) is 6.32. The molecular formula is C29H36O8. The smallest absolute Gasteiger partial charge is 0.338 e. The molecule has 0 spiro atoms. The molecule has 37 heavy (non-hydrogen) atoms. The molecule has 8 heteroatoms. The van der Waals surface area contributed by atoms with Crippen LogP contribution in [0.5, 0.6) is 5.75 Å². The highest BCUT2D eigenvalue weighted by atomic mass is 16.8. The number of rotatable bonds is 14. The summed E-state index contributed by atoms with van der Waals surface area (Å²) in [5.41, 5.74) is 2.74. The fraction of sp³-hybridized carbons (Fsp3) is 0.517. The molecule has 2 aliphatic rings. The molecule has 3 atom stereocenters. The van der Waals surface area contributed by atoms with Gasteiger partial charge < -0.3 is 28.4 Å². The molecule has 0 aliphatic carbocycles. The van der Waals surface area contributed by atoms with Crippen LogP contribution < -0.4 is 4.74 Å². The van der Waals surface area contributed by atoms with E-state index in [1.807, 2.05) is 48.5 Å². The molecule has 0 saturated carbocycles. The first-order valence-electron chi connectivity index (χ1n) is 13.2. The highest BCUT2D eigenvalue weighted by molar-refractivity contribution is 5.86. The van der Waals surface area contributed by atoms with Gasteiger partial charge in [-0.15, -0.1) is 0 Å². The second-order valence-corrected chi connectivity index (χ2v) is 9.10. The molecule has 200 valence electrons. The number of carbonyl (C=O) groups excluding carboxylic acids is 2. The topological polar surface area (TPSA) is 92.8 Å². The van der Waals surface area contributed by atoms with E-state index in [0.29, 0.717) is 11.7 Å². The van der Waals surface area contributed by atoms with Crippen molar-refractivity contribution in [2.24, 2.45) is 0 Å². The maximum Gasteiger partial charge on any atom is 0.338 e. The molecule has 2 saturated heterocycles. The van der Waals surface area contributed by atoms with Crippen molar-refractivity contribution in [2.45, 2.75) is 70.6 Å². The van der Waals surface area contributed by atoms with Crippen LogP contribution in [0, 0.1) is 0 Å². The molecule has 2 aromatic rings. The van der Waals surface area contributed by atoms with Crippen LogP contribution in [0.4, 0.5) is 0 Å². The summed E-state index contributed by atoms with van der Waals surface area (Å²) in [4.78, 5) is 24.6. The van der Waals surface area contributed by atoms with Crippen LogP contribution in [-0.4, -0.2) is 56.7 Å². The minimum Gasteiger partial charge on any atom is -0.494 e. The molecule has 0 bridgehead atoms. The maximum absolute atomic E-state index is 12.3. The average molecular weight is 513 g/mol. The summed E-state index contributed by atoms with van der Waals surface area (Å²) >= 11 is 0. The number of hydrogen-bond donors (Lipinski definition) is 0. The summed E-state index contributed by atoms with van der Waals surface area (Å²) in [5, 5.41) is 0. The van der Waals surface area contributed by atoms with Gasteiger partial charge >= 0.3 is 11.9 Å². The van der Waals surface area contributed by atoms with Gasteiger partial charge in [-0.2, -0.15) is 0 Å². The van der Waals surface area contributed by atoms with E-state index in [-0.39, 0.29) is 13.2 Å². The molecule has 2 aromatic carbocycles. The summed E-state index contributed by atoms with van der Waals surface area (Å²) in [6.45, 7) is 5.39. The number of hydrogen-bond acceptors (Lipinski definition) is 8. The Kier molecular flexibility index (Phi) is 9.93. The highest BCUT2D eigenvalue weighted by Gasteiger charge is 2.47. The van der Waals surface area contributed by atoms with Crippen molar-refractivity contribution in [2.75, 3.05) is 26.4 Å². The van der Waals surface area contributed by atoms with Gasteiger partial charge in [-0.05, 0) is 49.9 Å². The Morgan fingerprint density at radius 1 is 0.784 bits per heavy atom. The second-order valence-electron chi connectivity index (χ2n) is 9.10. The van der Waals surface area contributed by atoms with Crippen molar-refractivity contribution in [1.82, 2.24) is 0 Å². The van der Waals surface area contributed by atoms with Gasteiger partial charge in [0.1, 0.15) is 5.75 Å². The minimum atomic E-state index is -1.17. The molecule has 0 N–H and O–H groups in total. The van der Waals surface area contributed by atoms with E-state index in [1.54, 1.807) is 13.8 Å². The zero-order chi connectivity index (χ0) is 26.0. The van der Waals surface area contributed by atoms with E-state index in [9.17, 15) is 9.59 Å². The Hall–Kier alpha value is -2.94. The van der Waals surface area contributed by atoms with Gasteiger partial charge in [-0.3, -0.25) is 0 Å². The quantitative estimate of drug-likeness (QED) is 0.199. The lowest BCUT2D eigenvalue weighted by Crippen LogP contribution is -2.39. The minimum absolute atomic E-state index is 0.175. The molecule has 2 fully saturated rings. The van der Waals surface area contributed by atoms with Crippen molar-refractivity contribution in [3.63, 3.8) is 0 Å². The van der Waals surface area contributed by atoms with Gasteiger partial charge in [0.05, 0.1) is 32.5 Å². The van der Waals surface area contributed by atoms with Crippen LogP contribution in [0.2, 0.25) is 0 Å². The maximum atomic E-state index is 12.3. The zero-order valence-corrected chi connectivity index (χ0v) is 21.6. The van der Waals surface area contributed by atoms with E-state index >= 15 is 0 Å².